The van der Waals surface area contributed by atoms with E-state index in [9.17, 15) is 8.78 Å². The summed E-state index contributed by atoms with van der Waals surface area (Å²) in [5.74, 6) is -2.02. The normalized spacial score (nSPS) is 21.7. The maximum Gasteiger partial charge on any atom is 0.248 e. The van der Waals surface area contributed by atoms with Gasteiger partial charge in [-0.05, 0) is 37.8 Å². The predicted molar refractivity (Wildman–Crippen MR) is 69.8 cm³/mol. The highest BCUT2D eigenvalue weighted by Crippen LogP contribution is 2.35. The molecule has 0 aromatic heterocycles. The van der Waals surface area contributed by atoms with Gasteiger partial charge in [0, 0.05) is 18.9 Å². The highest BCUT2D eigenvalue weighted by molar-refractivity contribution is 5.17. The van der Waals surface area contributed by atoms with Gasteiger partial charge < -0.3 is 5.32 Å². The molecule has 0 radical (unpaired) electrons. The third kappa shape index (κ3) is 3.77. The standard InChI is InChI=1S/C15H21F2N/c1-12(14-5-3-2-4-6-14)18-11-13-7-9-15(16,17)10-8-13/h2-6,12-13,18H,7-11H2,1H3. The van der Waals surface area contributed by atoms with Crippen LogP contribution in [0.15, 0.2) is 30.3 Å². The first-order chi connectivity index (χ1) is 8.57. The molecule has 1 N–H and O–H groups in total. The van der Waals surface area contributed by atoms with E-state index in [1.807, 2.05) is 18.2 Å². The van der Waals surface area contributed by atoms with E-state index >= 15 is 0 Å². The van der Waals surface area contributed by atoms with Crippen molar-refractivity contribution in [3.05, 3.63) is 35.9 Å². The first-order valence-electron chi connectivity index (χ1n) is 6.73. The molecule has 1 aliphatic rings. The van der Waals surface area contributed by atoms with Crippen LogP contribution in [-0.2, 0) is 0 Å². The predicted octanol–water partition coefficient (Wildman–Crippen LogP) is 4.16. The van der Waals surface area contributed by atoms with Gasteiger partial charge in [0.2, 0.25) is 5.92 Å². The maximum atomic E-state index is 13.0. The van der Waals surface area contributed by atoms with Crippen LogP contribution in [0.4, 0.5) is 8.78 Å². The van der Waals surface area contributed by atoms with Crippen LogP contribution in [-0.4, -0.2) is 12.5 Å². The molecule has 0 saturated heterocycles. The molecule has 0 heterocycles. The average molecular weight is 253 g/mol. The summed E-state index contributed by atoms with van der Waals surface area (Å²) in [6.45, 7) is 2.96. The van der Waals surface area contributed by atoms with Gasteiger partial charge in [0.25, 0.3) is 0 Å². The van der Waals surface area contributed by atoms with Crippen LogP contribution < -0.4 is 5.32 Å². The SMILES string of the molecule is CC(NCC1CCC(F)(F)CC1)c1ccccc1. The van der Waals surface area contributed by atoms with Crippen LogP contribution in [0.5, 0.6) is 0 Å². The smallest absolute Gasteiger partial charge is 0.248 e. The van der Waals surface area contributed by atoms with Gasteiger partial charge in [0.1, 0.15) is 0 Å². The van der Waals surface area contributed by atoms with Crippen LogP contribution in [0.2, 0.25) is 0 Å². The molecule has 0 amide bonds. The Hall–Kier alpha value is -0.960. The zero-order valence-electron chi connectivity index (χ0n) is 10.8. The Kier molecular flexibility index (Phi) is 4.33. The fraction of sp³-hybridized carbons (Fsp3) is 0.600. The second kappa shape index (κ2) is 5.79. The number of nitrogens with one attached hydrogen (secondary N) is 1. The van der Waals surface area contributed by atoms with Crippen molar-refractivity contribution in [1.82, 2.24) is 5.32 Å². The Balaban J connectivity index is 1.76. The van der Waals surface area contributed by atoms with E-state index in [1.54, 1.807) is 0 Å². The van der Waals surface area contributed by atoms with Crippen molar-refractivity contribution >= 4 is 0 Å². The minimum atomic E-state index is -2.42. The molecular weight excluding hydrogens is 232 g/mol. The zero-order chi connectivity index (χ0) is 13.0. The van der Waals surface area contributed by atoms with Crippen LogP contribution in [0.25, 0.3) is 0 Å². The summed E-state index contributed by atoms with van der Waals surface area (Å²) in [4.78, 5) is 0. The molecule has 1 atom stereocenters. The third-order valence-corrected chi connectivity index (χ3v) is 3.85. The third-order valence-electron chi connectivity index (χ3n) is 3.85. The number of halogens is 2. The summed E-state index contributed by atoms with van der Waals surface area (Å²) in [5.41, 5.74) is 1.25. The summed E-state index contributed by atoms with van der Waals surface area (Å²) < 4.78 is 26.0. The van der Waals surface area contributed by atoms with Crippen molar-refractivity contribution in [2.24, 2.45) is 5.92 Å². The lowest BCUT2D eigenvalue weighted by Crippen LogP contribution is -2.32. The van der Waals surface area contributed by atoms with Gasteiger partial charge in [-0.3, -0.25) is 0 Å². The first kappa shape index (κ1) is 13.5. The minimum Gasteiger partial charge on any atom is -0.310 e. The van der Waals surface area contributed by atoms with Crippen molar-refractivity contribution < 1.29 is 8.78 Å². The van der Waals surface area contributed by atoms with Gasteiger partial charge in [-0.15, -0.1) is 0 Å². The van der Waals surface area contributed by atoms with Gasteiger partial charge in [-0.1, -0.05) is 30.3 Å². The molecule has 0 bridgehead atoms. The molecule has 0 spiro atoms. The van der Waals surface area contributed by atoms with E-state index in [1.165, 1.54) is 5.56 Å². The van der Waals surface area contributed by atoms with Crippen LogP contribution >= 0.6 is 0 Å². The minimum absolute atomic E-state index is 0.0546. The number of hydrogen-bond donors (Lipinski definition) is 1. The molecule has 1 unspecified atom stereocenters. The number of hydrogen-bond acceptors (Lipinski definition) is 1. The van der Waals surface area contributed by atoms with E-state index < -0.39 is 5.92 Å². The van der Waals surface area contributed by atoms with E-state index in [0.29, 0.717) is 18.8 Å². The lowest BCUT2D eigenvalue weighted by molar-refractivity contribution is -0.0456. The van der Waals surface area contributed by atoms with E-state index in [-0.39, 0.29) is 18.9 Å². The molecular formula is C15H21F2N. The van der Waals surface area contributed by atoms with Gasteiger partial charge in [-0.2, -0.15) is 0 Å². The summed E-state index contributed by atoms with van der Waals surface area (Å²) in [7, 11) is 0. The fourth-order valence-electron chi connectivity index (χ4n) is 2.51. The lowest BCUT2D eigenvalue weighted by atomic mass is 9.86. The first-order valence-corrected chi connectivity index (χ1v) is 6.73. The quantitative estimate of drug-likeness (QED) is 0.849. The molecule has 100 valence electrons. The average Bonchev–Trinajstić information content (AvgIpc) is 2.38. The van der Waals surface area contributed by atoms with Crippen LogP contribution in [0, 0.1) is 5.92 Å². The Morgan fingerprint density at radius 2 is 1.83 bits per heavy atom. The molecule has 2 rings (SSSR count). The van der Waals surface area contributed by atoms with Crippen molar-refractivity contribution in [3.63, 3.8) is 0 Å². The Morgan fingerprint density at radius 3 is 2.44 bits per heavy atom. The molecule has 1 aromatic rings. The largest absolute Gasteiger partial charge is 0.310 e. The van der Waals surface area contributed by atoms with E-state index in [2.05, 4.69) is 24.4 Å². The fourth-order valence-corrected chi connectivity index (χ4v) is 2.51. The lowest BCUT2D eigenvalue weighted by Gasteiger charge is -2.29. The number of alkyl halides is 2. The van der Waals surface area contributed by atoms with E-state index in [4.69, 9.17) is 0 Å². The summed E-state index contributed by atoms with van der Waals surface area (Å²) in [6.07, 6.45) is 1.39. The van der Waals surface area contributed by atoms with Gasteiger partial charge in [0.15, 0.2) is 0 Å². The van der Waals surface area contributed by atoms with Crippen molar-refractivity contribution in [2.75, 3.05) is 6.54 Å². The number of rotatable bonds is 4. The molecule has 1 fully saturated rings. The highest BCUT2D eigenvalue weighted by atomic mass is 19.3. The Bertz CT molecular complexity index is 354. The maximum absolute atomic E-state index is 13.0. The van der Waals surface area contributed by atoms with Crippen LogP contribution in [0.1, 0.15) is 44.2 Å². The molecule has 0 aliphatic heterocycles. The van der Waals surface area contributed by atoms with Crippen molar-refractivity contribution in [3.8, 4) is 0 Å². The van der Waals surface area contributed by atoms with Crippen molar-refractivity contribution in [1.29, 1.82) is 0 Å². The van der Waals surface area contributed by atoms with E-state index in [0.717, 1.165) is 6.54 Å². The summed E-state index contributed by atoms with van der Waals surface area (Å²) in [6, 6.07) is 10.5. The molecule has 1 saturated carbocycles. The van der Waals surface area contributed by atoms with Gasteiger partial charge >= 0.3 is 0 Å². The summed E-state index contributed by atoms with van der Waals surface area (Å²) in [5, 5.41) is 3.45. The summed E-state index contributed by atoms with van der Waals surface area (Å²) >= 11 is 0. The van der Waals surface area contributed by atoms with Gasteiger partial charge in [0.05, 0.1) is 0 Å². The Morgan fingerprint density at radius 1 is 1.22 bits per heavy atom. The van der Waals surface area contributed by atoms with Gasteiger partial charge in [-0.25, -0.2) is 8.78 Å². The highest BCUT2D eigenvalue weighted by Gasteiger charge is 2.34. The zero-order valence-corrected chi connectivity index (χ0v) is 10.8. The number of benzene rings is 1. The molecule has 1 aromatic carbocycles. The van der Waals surface area contributed by atoms with Crippen LogP contribution in [0.3, 0.4) is 0 Å². The second-order valence-corrected chi connectivity index (χ2v) is 5.34. The monoisotopic (exact) mass is 253 g/mol. The topological polar surface area (TPSA) is 12.0 Å². The molecule has 18 heavy (non-hydrogen) atoms. The molecule has 1 nitrogen and oxygen atoms in total. The second-order valence-electron chi connectivity index (χ2n) is 5.34. The van der Waals surface area contributed by atoms with Crippen molar-refractivity contribution in [2.45, 2.75) is 44.6 Å². The molecule has 1 aliphatic carbocycles. The Labute approximate surface area is 108 Å². The molecule has 3 heteroatoms.